The Morgan fingerprint density at radius 3 is 2.73 bits per heavy atom. The molecule has 1 rings (SSSR count). The molecule has 1 aliphatic carbocycles. The van der Waals surface area contributed by atoms with Crippen molar-refractivity contribution in [3.8, 4) is 0 Å². The Bertz CT molecular complexity index is 188. The van der Waals surface area contributed by atoms with Crippen molar-refractivity contribution in [2.24, 2.45) is 11.3 Å². The number of rotatable bonds is 3. The van der Waals surface area contributed by atoms with Gasteiger partial charge in [0.1, 0.15) is 0 Å². The number of hydrogen-bond donors (Lipinski definition) is 0. The summed E-state index contributed by atoms with van der Waals surface area (Å²) in [6.45, 7) is 10.6. The Labute approximate surface area is 70.0 Å². The predicted octanol–water partition coefficient (Wildman–Crippen LogP) is 3.55. The normalized spacial score (nSPS) is 39.2. The van der Waals surface area contributed by atoms with Gasteiger partial charge in [-0.15, -0.1) is 0 Å². The van der Waals surface area contributed by atoms with Crippen molar-refractivity contribution in [2.45, 2.75) is 33.6 Å². The molecule has 0 aliphatic heterocycles. The average molecular weight is 150 g/mol. The van der Waals surface area contributed by atoms with Crippen LogP contribution in [0, 0.1) is 11.3 Å². The zero-order chi connectivity index (χ0) is 8.48. The lowest BCUT2D eigenvalue weighted by Crippen LogP contribution is -1.94. The summed E-state index contributed by atoms with van der Waals surface area (Å²) >= 11 is 0. The van der Waals surface area contributed by atoms with Gasteiger partial charge in [0, 0.05) is 0 Å². The van der Waals surface area contributed by atoms with Gasteiger partial charge in [-0.2, -0.15) is 0 Å². The Kier molecular flexibility index (Phi) is 2.22. The zero-order valence-electron chi connectivity index (χ0n) is 7.85. The fourth-order valence-electron chi connectivity index (χ4n) is 2.06. The minimum absolute atomic E-state index is 0.517. The van der Waals surface area contributed by atoms with E-state index in [0.717, 1.165) is 5.92 Å². The first-order chi connectivity index (χ1) is 5.16. The van der Waals surface area contributed by atoms with Crippen molar-refractivity contribution in [3.05, 3.63) is 24.3 Å². The van der Waals surface area contributed by atoms with E-state index in [1.165, 1.54) is 12.8 Å². The lowest BCUT2D eigenvalue weighted by Gasteiger charge is -2.04. The second kappa shape index (κ2) is 2.84. The van der Waals surface area contributed by atoms with Gasteiger partial charge in [0.15, 0.2) is 0 Å². The summed E-state index contributed by atoms with van der Waals surface area (Å²) in [7, 11) is 0. The van der Waals surface area contributed by atoms with E-state index >= 15 is 0 Å². The van der Waals surface area contributed by atoms with Gasteiger partial charge in [0.25, 0.3) is 0 Å². The molecule has 0 aromatic rings. The van der Waals surface area contributed by atoms with Gasteiger partial charge in [-0.3, -0.25) is 0 Å². The van der Waals surface area contributed by atoms with E-state index in [2.05, 4.69) is 33.4 Å². The topological polar surface area (TPSA) is 0 Å². The van der Waals surface area contributed by atoms with E-state index in [0.29, 0.717) is 5.41 Å². The second-order valence-corrected chi connectivity index (χ2v) is 3.75. The molecule has 0 aromatic carbocycles. The fraction of sp³-hybridized carbons (Fsp3) is 0.636. The van der Waals surface area contributed by atoms with E-state index in [9.17, 15) is 0 Å². The molecule has 1 aliphatic rings. The van der Waals surface area contributed by atoms with Crippen LogP contribution in [0.5, 0.6) is 0 Å². The van der Waals surface area contributed by atoms with Crippen molar-refractivity contribution in [2.75, 3.05) is 0 Å². The molecule has 0 saturated heterocycles. The summed E-state index contributed by atoms with van der Waals surface area (Å²) in [6.07, 6.45) is 6.70. The molecule has 0 heterocycles. The maximum Gasteiger partial charge on any atom is -0.00473 e. The summed E-state index contributed by atoms with van der Waals surface area (Å²) in [5, 5.41) is 0. The molecule has 0 heteroatoms. The van der Waals surface area contributed by atoms with Crippen LogP contribution in [0.3, 0.4) is 0 Å². The standard InChI is InChI=1S/C11H18/c1-5-7-10-9(3)11(10,4)8-6-2/h5,7,9H,1,6,8H2,2-4H3. The highest BCUT2D eigenvalue weighted by molar-refractivity contribution is 5.38. The molecule has 11 heavy (non-hydrogen) atoms. The minimum Gasteiger partial charge on any atom is -0.0991 e. The molecule has 0 N–H and O–H groups in total. The van der Waals surface area contributed by atoms with E-state index in [1.807, 2.05) is 6.08 Å². The summed E-state index contributed by atoms with van der Waals surface area (Å²) < 4.78 is 0. The Hall–Kier alpha value is -0.520. The first kappa shape index (κ1) is 8.58. The summed E-state index contributed by atoms with van der Waals surface area (Å²) in [5.74, 6) is 0.792. The fourth-order valence-corrected chi connectivity index (χ4v) is 2.06. The van der Waals surface area contributed by atoms with Crippen molar-refractivity contribution >= 4 is 0 Å². The van der Waals surface area contributed by atoms with Crippen LogP contribution in [0.25, 0.3) is 0 Å². The molecule has 0 nitrogen and oxygen atoms in total. The lowest BCUT2D eigenvalue weighted by atomic mass is 10.0. The predicted molar refractivity (Wildman–Crippen MR) is 50.5 cm³/mol. The molecular weight excluding hydrogens is 132 g/mol. The molecule has 0 bridgehead atoms. The first-order valence-electron chi connectivity index (χ1n) is 4.50. The smallest absolute Gasteiger partial charge is 0.00473 e. The molecular formula is C11H18. The highest BCUT2D eigenvalue weighted by Crippen LogP contribution is 2.60. The van der Waals surface area contributed by atoms with Crippen LogP contribution >= 0.6 is 0 Å². The van der Waals surface area contributed by atoms with E-state index < -0.39 is 0 Å². The van der Waals surface area contributed by atoms with Crippen LogP contribution in [0.1, 0.15) is 33.6 Å². The first-order valence-corrected chi connectivity index (χ1v) is 4.50. The SMILES string of the molecule is C=CC=C1C(C)C1(C)CCC. The zero-order valence-corrected chi connectivity index (χ0v) is 7.85. The van der Waals surface area contributed by atoms with Gasteiger partial charge >= 0.3 is 0 Å². The summed E-state index contributed by atoms with van der Waals surface area (Å²) in [6, 6.07) is 0. The Balaban J connectivity index is 2.64. The maximum atomic E-state index is 3.72. The van der Waals surface area contributed by atoms with E-state index in [1.54, 1.807) is 5.57 Å². The molecule has 1 saturated carbocycles. The molecule has 1 fully saturated rings. The van der Waals surface area contributed by atoms with Gasteiger partial charge in [-0.1, -0.05) is 51.5 Å². The van der Waals surface area contributed by atoms with Gasteiger partial charge < -0.3 is 0 Å². The third kappa shape index (κ3) is 1.26. The van der Waals surface area contributed by atoms with E-state index in [4.69, 9.17) is 0 Å². The van der Waals surface area contributed by atoms with Crippen molar-refractivity contribution in [1.82, 2.24) is 0 Å². The molecule has 62 valence electrons. The van der Waals surface area contributed by atoms with Crippen LogP contribution in [0.2, 0.25) is 0 Å². The molecule has 0 radical (unpaired) electrons. The third-order valence-corrected chi connectivity index (χ3v) is 3.07. The third-order valence-electron chi connectivity index (χ3n) is 3.07. The minimum atomic E-state index is 0.517. The second-order valence-electron chi connectivity index (χ2n) is 3.75. The number of allylic oxidation sites excluding steroid dienone is 3. The van der Waals surface area contributed by atoms with Crippen molar-refractivity contribution < 1.29 is 0 Å². The molecule has 2 unspecified atom stereocenters. The Morgan fingerprint density at radius 2 is 2.27 bits per heavy atom. The lowest BCUT2D eigenvalue weighted by molar-refractivity contribution is 0.480. The Morgan fingerprint density at radius 1 is 1.64 bits per heavy atom. The molecule has 0 spiro atoms. The van der Waals surface area contributed by atoms with Gasteiger partial charge in [-0.05, 0) is 17.8 Å². The van der Waals surface area contributed by atoms with Crippen molar-refractivity contribution in [1.29, 1.82) is 0 Å². The average Bonchev–Trinajstić information content (AvgIpc) is 2.43. The quantitative estimate of drug-likeness (QED) is 0.577. The van der Waals surface area contributed by atoms with Gasteiger partial charge in [-0.25, -0.2) is 0 Å². The van der Waals surface area contributed by atoms with Crippen LogP contribution in [-0.4, -0.2) is 0 Å². The monoisotopic (exact) mass is 150 g/mol. The highest BCUT2D eigenvalue weighted by atomic mass is 14.5. The summed E-state index contributed by atoms with van der Waals surface area (Å²) in [5.41, 5.74) is 2.11. The van der Waals surface area contributed by atoms with Crippen LogP contribution < -0.4 is 0 Å². The largest absolute Gasteiger partial charge is 0.0991 e. The van der Waals surface area contributed by atoms with Crippen molar-refractivity contribution in [3.63, 3.8) is 0 Å². The molecule has 0 amide bonds. The van der Waals surface area contributed by atoms with Gasteiger partial charge in [0.05, 0.1) is 0 Å². The highest BCUT2D eigenvalue weighted by Gasteiger charge is 2.50. The van der Waals surface area contributed by atoms with Crippen LogP contribution in [0.15, 0.2) is 24.3 Å². The van der Waals surface area contributed by atoms with Gasteiger partial charge in [0.2, 0.25) is 0 Å². The maximum absolute atomic E-state index is 3.72. The number of hydrogen-bond acceptors (Lipinski definition) is 0. The molecule has 0 aromatic heterocycles. The van der Waals surface area contributed by atoms with Crippen LogP contribution in [0.4, 0.5) is 0 Å². The van der Waals surface area contributed by atoms with Crippen LogP contribution in [-0.2, 0) is 0 Å². The van der Waals surface area contributed by atoms with E-state index in [-0.39, 0.29) is 0 Å². The molecule has 2 atom stereocenters. The summed E-state index contributed by atoms with van der Waals surface area (Å²) in [4.78, 5) is 0.